The number of hydrogen-bond donors (Lipinski definition) is 1. The highest BCUT2D eigenvalue weighted by Crippen LogP contribution is 2.38. The van der Waals surface area contributed by atoms with E-state index in [1.165, 1.54) is 6.42 Å². The van der Waals surface area contributed by atoms with E-state index in [0.29, 0.717) is 18.4 Å². The molecule has 1 atom stereocenters. The fraction of sp³-hybridized carbons (Fsp3) is 0.571. The van der Waals surface area contributed by atoms with Crippen molar-refractivity contribution in [3.05, 3.63) is 17.7 Å². The molecule has 18 heavy (non-hydrogen) atoms. The fourth-order valence-corrected chi connectivity index (χ4v) is 2.24. The topological polar surface area (TPSA) is 39.7 Å². The van der Waals surface area contributed by atoms with Crippen LogP contribution >= 0.6 is 0 Å². The molecule has 0 radical (unpaired) electrons. The van der Waals surface area contributed by atoms with Crippen LogP contribution in [-0.2, 0) is 0 Å². The molecule has 0 spiro atoms. The van der Waals surface area contributed by atoms with Gasteiger partial charge in [0, 0.05) is 6.04 Å². The SMILES string of the molecule is COc1cc(C)cc(OC)c1OC[C@@H]1CCCN1. The average Bonchev–Trinajstić information content (AvgIpc) is 2.89. The van der Waals surface area contributed by atoms with Gasteiger partial charge in [0.25, 0.3) is 0 Å². The van der Waals surface area contributed by atoms with E-state index in [4.69, 9.17) is 14.2 Å². The Morgan fingerprint density at radius 1 is 1.22 bits per heavy atom. The van der Waals surface area contributed by atoms with Crippen molar-refractivity contribution in [1.82, 2.24) is 5.32 Å². The largest absolute Gasteiger partial charge is 0.493 e. The highest BCUT2D eigenvalue weighted by molar-refractivity contribution is 5.53. The van der Waals surface area contributed by atoms with Crippen molar-refractivity contribution in [1.29, 1.82) is 0 Å². The van der Waals surface area contributed by atoms with Gasteiger partial charge in [0.05, 0.1) is 14.2 Å². The summed E-state index contributed by atoms with van der Waals surface area (Å²) >= 11 is 0. The maximum absolute atomic E-state index is 5.88. The van der Waals surface area contributed by atoms with Crippen LogP contribution in [0.5, 0.6) is 17.2 Å². The van der Waals surface area contributed by atoms with E-state index in [1.807, 2.05) is 19.1 Å². The van der Waals surface area contributed by atoms with E-state index in [9.17, 15) is 0 Å². The molecule has 4 heteroatoms. The van der Waals surface area contributed by atoms with Crippen LogP contribution in [0.2, 0.25) is 0 Å². The summed E-state index contributed by atoms with van der Waals surface area (Å²) in [6, 6.07) is 4.35. The quantitative estimate of drug-likeness (QED) is 0.870. The normalized spacial score (nSPS) is 18.7. The zero-order chi connectivity index (χ0) is 13.0. The summed E-state index contributed by atoms with van der Waals surface area (Å²) in [5.74, 6) is 2.15. The number of benzene rings is 1. The smallest absolute Gasteiger partial charge is 0.203 e. The van der Waals surface area contributed by atoms with Crippen molar-refractivity contribution in [2.75, 3.05) is 27.4 Å². The number of rotatable bonds is 5. The molecule has 0 amide bonds. The third-order valence-electron chi connectivity index (χ3n) is 3.20. The standard InChI is InChI=1S/C14H21NO3/c1-10-7-12(16-2)14(13(8-10)17-3)18-9-11-5-4-6-15-11/h7-8,11,15H,4-6,9H2,1-3H3/t11-/m0/s1. The van der Waals surface area contributed by atoms with Gasteiger partial charge in [-0.05, 0) is 44.0 Å². The maximum Gasteiger partial charge on any atom is 0.203 e. The average molecular weight is 251 g/mol. The lowest BCUT2D eigenvalue weighted by Gasteiger charge is -2.17. The lowest BCUT2D eigenvalue weighted by Crippen LogP contribution is -2.28. The molecule has 0 bridgehead atoms. The Labute approximate surface area is 108 Å². The van der Waals surface area contributed by atoms with E-state index in [0.717, 1.165) is 30.0 Å². The van der Waals surface area contributed by atoms with Crippen LogP contribution < -0.4 is 19.5 Å². The Kier molecular flexibility index (Phi) is 4.31. The van der Waals surface area contributed by atoms with Gasteiger partial charge in [-0.2, -0.15) is 0 Å². The summed E-state index contributed by atoms with van der Waals surface area (Å²) < 4.78 is 16.6. The Bertz CT molecular complexity index is 375. The van der Waals surface area contributed by atoms with Crippen LogP contribution in [0.25, 0.3) is 0 Å². The van der Waals surface area contributed by atoms with Gasteiger partial charge < -0.3 is 19.5 Å². The van der Waals surface area contributed by atoms with Gasteiger partial charge in [0.1, 0.15) is 6.61 Å². The summed E-state index contributed by atoms with van der Waals surface area (Å²) in [5.41, 5.74) is 1.09. The van der Waals surface area contributed by atoms with Gasteiger partial charge in [0.2, 0.25) is 5.75 Å². The number of nitrogens with one attached hydrogen (secondary N) is 1. The van der Waals surface area contributed by atoms with Crippen LogP contribution in [0.1, 0.15) is 18.4 Å². The van der Waals surface area contributed by atoms with Crippen molar-refractivity contribution in [2.24, 2.45) is 0 Å². The molecule has 2 rings (SSSR count). The second-order valence-electron chi connectivity index (χ2n) is 4.60. The molecule has 1 aliphatic rings. The molecule has 1 aromatic carbocycles. The van der Waals surface area contributed by atoms with Crippen molar-refractivity contribution >= 4 is 0 Å². The Balaban J connectivity index is 2.13. The second-order valence-corrected chi connectivity index (χ2v) is 4.60. The minimum Gasteiger partial charge on any atom is -0.493 e. The molecule has 1 aliphatic heterocycles. The minimum absolute atomic E-state index is 0.431. The third kappa shape index (κ3) is 2.88. The number of methoxy groups -OCH3 is 2. The summed E-state index contributed by atoms with van der Waals surface area (Å²) in [5, 5.41) is 3.41. The molecule has 0 saturated carbocycles. The van der Waals surface area contributed by atoms with E-state index in [1.54, 1.807) is 14.2 Å². The van der Waals surface area contributed by atoms with Crippen molar-refractivity contribution < 1.29 is 14.2 Å². The molecule has 0 aromatic heterocycles. The molecule has 1 fully saturated rings. The maximum atomic E-state index is 5.88. The van der Waals surface area contributed by atoms with Crippen molar-refractivity contribution in [3.8, 4) is 17.2 Å². The van der Waals surface area contributed by atoms with Crippen LogP contribution in [0, 0.1) is 6.92 Å². The van der Waals surface area contributed by atoms with Gasteiger partial charge in [0.15, 0.2) is 11.5 Å². The minimum atomic E-state index is 0.431. The van der Waals surface area contributed by atoms with Crippen molar-refractivity contribution in [2.45, 2.75) is 25.8 Å². The van der Waals surface area contributed by atoms with Crippen LogP contribution in [0.15, 0.2) is 12.1 Å². The molecular formula is C14H21NO3. The Hall–Kier alpha value is -1.42. The molecule has 0 aliphatic carbocycles. The number of aryl methyl sites for hydroxylation is 1. The summed E-state index contributed by atoms with van der Waals surface area (Å²) in [7, 11) is 3.30. The molecule has 1 heterocycles. The van der Waals surface area contributed by atoms with Gasteiger partial charge in [-0.25, -0.2) is 0 Å². The third-order valence-corrected chi connectivity index (χ3v) is 3.20. The van der Waals surface area contributed by atoms with Crippen LogP contribution in [-0.4, -0.2) is 33.4 Å². The zero-order valence-electron chi connectivity index (χ0n) is 11.3. The number of hydrogen-bond acceptors (Lipinski definition) is 4. The molecular weight excluding hydrogens is 230 g/mol. The summed E-state index contributed by atoms with van der Waals surface area (Å²) in [4.78, 5) is 0. The predicted molar refractivity (Wildman–Crippen MR) is 70.8 cm³/mol. The summed E-state index contributed by atoms with van der Waals surface area (Å²) in [6.07, 6.45) is 2.38. The first-order valence-electron chi connectivity index (χ1n) is 6.33. The lowest BCUT2D eigenvalue weighted by molar-refractivity contribution is 0.248. The lowest BCUT2D eigenvalue weighted by atomic mass is 10.2. The van der Waals surface area contributed by atoms with Crippen LogP contribution in [0.3, 0.4) is 0 Å². The predicted octanol–water partition coefficient (Wildman–Crippen LogP) is 2.14. The van der Waals surface area contributed by atoms with E-state index in [-0.39, 0.29) is 0 Å². The molecule has 100 valence electrons. The second kappa shape index (κ2) is 5.96. The van der Waals surface area contributed by atoms with Crippen molar-refractivity contribution in [3.63, 3.8) is 0 Å². The first-order chi connectivity index (χ1) is 8.74. The molecule has 4 nitrogen and oxygen atoms in total. The monoisotopic (exact) mass is 251 g/mol. The Morgan fingerprint density at radius 2 is 1.89 bits per heavy atom. The van der Waals surface area contributed by atoms with Crippen LogP contribution in [0.4, 0.5) is 0 Å². The fourth-order valence-electron chi connectivity index (χ4n) is 2.24. The molecule has 1 saturated heterocycles. The molecule has 1 aromatic rings. The summed E-state index contributed by atoms with van der Waals surface area (Å²) in [6.45, 7) is 3.74. The highest BCUT2D eigenvalue weighted by atomic mass is 16.5. The molecule has 0 unspecified atom stereocenters. The van der Waals surface area contributed by atoms with Gasteiger partial charge in [-0.15, -0.1) is 0 Å². The highest BCUT2D eigenvalue weighted by Gasteiger charge is 2.18. The van der Waals surface area contributed by atoms with Gasteiger partial charge >= 0.3 is 0 Å². The number of ether oxygens (including phenoxy) is 3. The Morgan fingerprint density at radius 3 is 2.39 bits per heavy atom. The van der Waals surface area contributed by atoms with Gasteiger partial charge in [-0.3, -0.25) is 0 Å². The van der Waals surface area contributed by atoms with Gasteiger partial charge in [-0.1, -0.05) is 0 Å². The first kappa shape index (κ1) is 13.0. The first-order valence-corrected chi connectivity index (χ1v) is 6.33. The van der Waals surface area contributed by atoms with E-state index >= 15 is 0 Å². The van der Waals surface area contributed by atoms with E-state index < -0.39 is 0 Å². The molecule has 1 N–H and O–H groups in total. The van der Waals surface area contributed by atoms with E-state index in [2.05, 4.69) is 5.32 Å². The zero-order valence-corrected chi connectivity index (χ0v) is 11.3.